The van der Waals surface area contributed by atoms with Gasteiger partial charge in [-0.25, -0.2) is 0 Å². The minimum atomic E-state index is -4.25. The summed E-state index contributed by atoms with van der Waals surface area (Å²) in [7, 11) is 0. The molecule has 6 heteroatoms. The lowest BCUT2D eigenvalue weighted by Gasteiger charge is -2.25. The number of halogens is 3. The maximum absolute atomic E-state index is 12.5. The third kappa shape index (κ3) is 5.75. The molecule has 1 aromatic carbocycles. The van der Waals surface area contributed by atoms with Crippen LogP contribution in [0.1, 0.15) is 48.9 Å². The molecule has 1 aliphatic heterocycles. The van der Waals surface area contributed by atoms with Crippen molar-refractivity contribution in [3.05, 3.63) is 34.9 Å². The number of carbonyl (C=O) groups is 1. The fraction of sp³-hybridized carbons (Fsp3) is 0.533. The number of aryl methyl sites for hydroxylation is 1. The van der Waals surface area contributed by atoms with Crippen LogP contribution in [0.5, 0.6) is 0 Å². The minimum Gasteiger partial charge on any atom is -0.481 e. The van der Waals surface area contributed by atoms with Gasteiger partial charge < -0.3 is 10.4 Å². The molecule has 3 nitrogen and oxygen atoms in total. The van der Waals surface area contributed by atoms with E-state index in [2.05, 4.69) is 5.32 Å². The fourth-order valence-corrected chi connectivity index (χ4v) is 2.36. The van der Waals surface area contributed by atoms with E-state index in [-0.39, 0.29) is 6.04 Å². The van der Waals surface area contributed by atoms with Crippen molar-refractivity contribution < 1.29 is 23.1 Å². The van der Waals surface area contributed by atoms with E-state index in [0.717, 1.165) is 43.9 Å². The zero-order valence-electron chi connectivity index (χ0n) is 12.1. The number of benzene rings is 1. The van der Waals surface area contributed by atoms with Gasteiger partial charge in [0, 0.05) is 13.0 Å². The molecule has 1 saturated heterocycles. The average Bonchev–Trinajstić information content (AvgIpc) is 2.38. The second-order valence-electron chi connectivity index (χ2n) is 5.09. The minimum absolute atomic E-state index is 0.214. The van der Waals surface area contributed by atoms with Gasteiger partial charge in [0.25, 0.3) is 5.97 Å². The van der Waals surface area contributed by atoms with Crippen LogP contribution >= 0.6 is 0 Å². The van der Waals surface area contributed by atoms with Gasteiger partial charge >= 0.3 is 6.18 Å². The van der Waals surface area contributed by atoms with E-state index in [9.17, 15) is 13.2 Å². The quantitative estimate of drug-likeness (QED) is 0.826. The first kappa shape index (κ1) is 17.5. The van der Waals surface area contributed by atoms with E-state index in [4.69, 9.17) is 9.90 Å². The molecule has 1 atom stereocenters. The first-order valence-electron chi connectivity index (χ1n) is 6.82. The Morgan fingerprint density at radius 2 is 1.95 bits per heavy atom. The number of nitrogens with one attached hydrogen (secondary N) is 1. The zero-order valence-corrected chi connectivity index (χ0v) is 12.1. The molecular weight excluding hydrogens is 283 g/mol. The second-order valence-corrected chi connectivity index (χ2v) is 5.09. The first-order valence-corrected chi connectivity index (χ1v) is 6.82. The number of carboxylic acids is 1. The SMILES string of the molecule is CC(=O)O.Cc1cc(C(F)(F)F)ccc1C1CCCCN1. The van der Waals surface area contributed by atoms with E-state index < -0.39 is 17.7 Å². The Morgan fingerprint density at radius 3 is 2.38 bits per heavy atom. The lowest BCUT2D eigenvalue weighted by Crippen LogP contribution is -2.27. The van der Waals surface area contributed by atoms with E-state index >= 15 is 0 Å². The number of hydrogen-bond acceptors (Lipinski definition) is 2. The smallest absolute Gasteiger partial charge is 0.416 e. The maximum Gasteiger partial charge on any atom is 0.416 e. The van der Waals surface area contributed by atoms with Crippen LogP contribution in [0.2, 0.25) is 0 Å². The molecule has 1 aliphatic rings. The van der Waals surface area contributed by atoms with Crippen LogP contribution < -0.4 is 5.32 Å². The van der Waals surface area contributed by atoms with Gasteiger partial charge in [-0.15, -0.1) is 0 Å². The molecule has 1 aromatic rings. The van der Waals surface area contributed by atoms with Gasteiger partial charge in [0.15, 0.2) is 0 Å². The van der Waals surface area contributed by atoms with Gasteiger partial charge in [-0.05, 0) is 49.6 Å². The summed E-state index contributed by atoms with van der Waals surface area (Å²) in [6, 6.07) is 4.25. The lowest BCUT2D eigenvalue weighted by atomic mass is 9.93. The summed E-state index contributed by atoms with van der Waals surface area (Å²) >= 11 is 0. The third-order valence-electron chi connectivity index (χ3n) is 3.28. The van der Waals surface area contributed by atoms with Crippen molar-refractivity contribution >= 4 is 5.97 Å². The normalized spacial score (nSPS) is 18.6. The molecular formula is C15H20F3NO2. The number of rotatable bonds is 1. The molecule has 0 bridgehead atoms. The Labute approximate surface area is 122 Å². The topological polar surface area (TPSA) is 49.3 Å². The number of alkyl halides is 3. The molecule has 0 radical (unpaired) electrons. The van der Waals surface area contributed by atoms with Crippen LogP contribution in [-0.2, 0) is 11.0 Å². The van der Waals surface area contributed by atoms with Crippen LogP contribution in [0.3, 0.4) is 0 Å². The van der Waals surface area contributed by atoms with Crippen molar-refractivity contribution in [1.82, 2.24) is 5.32 Å². The van der Waals surface area contributed by atoms with Crippen LogP contribution in [0.25, 0.3) is 0 Å². The van der Waals surface area contributed by atoms with Crippen molar-refractivity contribution in [2.45, 2.75) is 45.3 Å². The van der Waals surface area contributed by atoms with Crippen molar-refractivity contribution in [2.75, 3.05) is 6.54 Å². The Balaban J connectivity index is 0.000000491. The van der Waals surface area contributed by atoms with Crippen LogP contribution in [0, 0.1) is 6.92 Å². The Morgan fingerprint density at radius 1 is 1.33 bits per heavy atom. The molecule has 21 heavy (non-hydrogen) atoms. The third-order valence-corrected chi connectivity index (χ3v) is 3.28. The largest absolute Gasteiger partial charge is 0.481 e. The number of carboxylic acid groups (broad SMARTS) is 1. The highest BCUT2D eigenvalue weighted by Crippen LogP contribution is 2.33. The fourth-order valence-electron chi connectivity index (χ4n) is 2.36. The second kappa shape index (κ2) is 7.45. The zero-order chi connectivity index (χ0) is 16.0. The summed E-state index contributed by atoms with van der Waals surface area (Å²) in [5.41, 5.74) is 1.16. The van der Waals surface area contributed by atoms with Crippen molar-refractivity contribution in [3.63, 3.8) is 0 Å². The van der Waals surface area contributed by atoms with E-state index in [1.165, 1.54) is 12.1 Å². The van der Waals surface area contributed by atoms with Gasteiger partial charge in [-0.3, -0.25) is 4.79 Å². The predicted molar refractivity (Wildman–Crippen MR) is 74.1 cm³/mol. The Kier molecular flexibility index (Phi) is 6.20. The molecule has 118 valence electrons. The summed E-state index contributed by atoms with van der Waals surface area (Å²) in [4.78, 5) is 9.00. The van der Waals surface area contributed by atoms with E-state index in [1.54, 1.807) is 13.0 Å². The highest BCUT2D eigenvalue weighted by Gasteiger charge is 2.31. The van der Waals surface area contributed by atoms with Gasteiger partial charge in [0.1, 0.15) is 0 Å². The van der Waals surface area contributed by atoms with E-state index in [1.807, 2.05) is 0 Å². The van der Waals surface area contributed by atoms with Gasteiger partial charge in [0.05, 0.1) is 5.56 Å². The van der Waals surface area contributed by atoms with Crippen LogP contribution in [0.4, 0.5) is 13.2 Å². The maximum atomic E-state index is 12.5. The van der Waals surface area contributed by atoms with Gasteiger partial charge in [-0.2, -0.15) is 13.2 Å². The Bertz CT molecular complexity index is 476. The molecule has 0 amide bonds. The summed E-state index contributed by atoms with van der Waals surface area (Å²) in [6.07, 6.45) is -0.955. The first-order chi connectivity index (χ1) is 9.71. The van der Waals surface area contributed by atoms with Crippen molar-refractivity contribution in [1.29, 1.82) is 0 Å². The average molecular weight is 303 g/mol. The molecule has 0 aromatic heterocycles. The number of hydrogen-bond donors (Lipinski definition) is 2. The molecule has 0 spiro atoms. The highest BCUT2D eigenvalue weighted by atomic mass is 19.4. The molecule has 2 rings (SSSR count). The molecule has 2 N–H and O–H groups in total. The van der Waals surface area contributed by atoms with Crippen LogP contribution in [0.15, 0.2) is 18.2 Å². The van der Waals surface area contributed by atoms with Crippen molar-refractivity contribution in [3.8, 4) is 0 Å². The van der Waals surface area contributed by atoms with Crippen LogP contribution in [-0.4, -0.2) is 17.6 Å². The van der Waals surface area contributed by atoms with Gasteiger partial charge in [-0.1, -0.05) is 12.5 Å². The molecule has 1 unspecified atom stereocenters. The molecule has 1 fully saturated rings. The molecule has 0 aliphatic carbocycles. The Hall–Kier alpha value is -1.56. The summed E-state index contributed by atoms with van der Waals surface area (Å²) in [5, 5.41) is 10.8. The molecule has 0 saturated carbocycles. The lowest BCUT2D eigenvalue weighted by molar-refractivity contribution is -0.137. The standard InChI is InChI=1S/C13H16F3N.C2H4O2/c1-9-8-10(13(14,15)16)5-6-11(9)12-4-2-3-7-17-12;1-2(3)4/h5-6,8,12,17H,2-4,7H2,1H3;1H3,(H,3,4). The number of piperidine rings is 1. The van der Waals surface area contributed by atoms with E-state index in [0.29, 0.717) is 0 Å². The van der Waals surface area contributed by atoms with Gasteiger partial charge in [0.2, 0.25) is 0 Å². The highest BCUT2D eigenvalue weighted by molar-refractivity contribution is 5.62. The van der Waals surface area contributed by atoms with Crippen molar-refractivity contribution in [2.24, 2.45) is 0 Å². The summed E-state index contributed by atoms with van der Waals surface area (Å²) in [6.45, 7) is 3.78. The summed E-state index contributed by atoms with van der Waals surface area (Å²) < 4.78 is 37.6. The number of aliphatic carboxylic acids is 1. The summed E-state index contributed by atoms with van der Waals surface area (Å²) in [5.74, 6) is -0.833. The predicted octanol–water partition coefficient (Wildman–Crippen LogP) is 3.92. The monoisotopic (exact) mass is 303 g/mol. The molecule has 1 heterocycles.